The van der Waals surface area contributed by atoms with E-state index in [1.165, 1.54) is 0 Å². The van der Waals surface area contributed by atoms with Crippen LogP contribution in [0.4, 0.5) is 0 Å². The zero-order chi connectivity index (χ0) is 15.1. The molecule has 6 nitrogen and oxygen atoms in total. The second-order valence-corrected chi connectivity index (χ2v) is 5.83. The average molecular weight is 288 g/mol. The van der Waals surface area contributed by atoms with E-state index in [0.717, 1.165) is 23.5 Å². The average Bonchev–Trinajstić information content (AvgIpc) is 3.01. The van der Waals surface area contributed by atoms with Gasteiger partial charge in [-0.3, -0.25) is 4.79 Å². The van der Waals surface area contributed by atoms with Gasteiger partial charge in [0.05, 0.1) is 29.6 Å². The van der Waals surface area contributed by atoms with Gasteiger partial charge in [0.25, 0.3) is 5.91 Å². The molecule has 2 aromatic heterocycles. The van der Waals surface area contributed by atoms with Crippen molar-refractivity contribution >= 4 is 11.6 Å². The van der Waals surface area contributed by atoms with E-state index in [1.807, 2.05) is 19.9 Å². The molecule has 1 saturated heterocycles. The van der Waals surface area contributed by atoms with E-state index >= 15 is 0 Å². The monoisotopic (exact) mass is 288 g/mol. The summed E-state index contributed by atoms with van der Waals surface area (Å²) in [6.45, 7) is 6.53. The molecule has 0 aromatic carbocycles. The molecule has 21 heavy (non-hydrogen) atoms. The van der Waals surface area contributed by atoms with Crippen molar-refractivity contribution in [3.05, 3.63) is 29.2 Å². The predicted molar refractivity (Wildman–Crippen MR) is 78.2 cm³/mol. The van der Waals surface area contributed by atoms with Crippen LogP contribution < -0.4 is 0 Å². The maximum absolute atomic E-state index is 12.8. The second kappa shape index (κ2) is 5.11. The molecule has 2 unspecified atom stereocenters. The molecule has 1 aliphatic heterocycles. The minimum absolute atomic E-state index is 0.00249. The highest BCUT2D eigenvalue weighted by Crippen LogP contribution is 2.26. The van der Waals surface area contributed by atoms with E-state index in [1.54, 1.807) is 15.6 Å². The Morgan fingerprint density at radius 2 is 2.24 bits per heavy atom. The van der Waals surface area contributed by atoms with Crippen LogP contribution in [0.25, 0.3) is 5.65 Å². The zero-order valence-electron chi connectivity index (χ0n) is 12.6. The summed E-state index contributed by atoms with van der Waals surface area (Å²) in [5, 5.41) is 13.9. The lowest BCUT2D eigenvalue weighted by Gasteiger charge is -2.25. The van der Waals surface area contributed by atoms with Gasteiger partial charge in [0.1, 0.15) is 0 Å². The lowest BCUT2D eigenvalue weighted by Crippen LogP contribution is -2.40. The predicted octanol–water partition coefficient (Wildman–Crippen LogP) is 1.19. The summed E-state index contributed by atoms with van der Waals surface area (Å²) >= 11 is 0. The van der Waals surface area contributed by atoms with Crippen molar-refractivity contribution in [2.75, 3.05) is 13.2 Å². The zero-order valence-corrected chi connectivity index (χ0v) is 12.6. The van der Waals surface area contributed by atoms with Gasteiger partial charge in [0.2, 0.25) is 0 Å². The van der Waals surface area contributed by atoms with Gasteiger partial charge in [-0.2, -0.15) is 5.10 Å². The molecular formula is C15H20N4O2. The number of rotatable bonds is 2. The number of hydrogen-bond donors (Lipinski definition) is 1. The quantitative estimate of drug-likeness (QED) is 0.901. The Balaban J connectivity index is 2.00. The highest BCUT2D eigenvalue weighted by atomic mass is 16.3. The van der Waals surface area contributed by atoms with E-state index in [2.05, 4.69) is 17.0 Å². The maximum atomic E-state index is 12.8. The molecule has 3 heterocycles. The standard InChI is InChI=1S/C15H20N4O2/c1-9-4-5-18(13(9)8-20)15(21)12-7-16-14-6-10(2)17-19(14)11(12)3/h6-7,9,13,20H,4-5,8H2,1-3H3. The van der Waals surface area contributed by atoms with Gasteiger partial charge in [-0.05, 0) is 26.2 Å². The van der Waals surface area contributed by atoms with E-state index in [4.69, 9.17) is 0 Å². The molecule has 0 spiro atoms. The third kappa shape index (κ3) is 2.19. The van der Waals surface area contributed by atoms with Crippen molar-refractivity contribution in [3.8, 4) is 0 Å². The molecule has 0 aliphatic carbocycles. The van der Waals surface area contributed by atoms with Gasteiger partial charge in [-0.15, -0.1) is 0 Å². The first-order chi connectivity index (χ1) is 10.0. The third-order valence-electron chi connectivity index (χ3n) is 4.41. The molecule has 1 aliphatic rings. The maximum Gasteiger partial charge on any atom is 0.257 e. The number of aryl methyl sites for hydroxylation is 2. The molecule has 0 saturated carbocycles. The van der Waals surface area contributed by atoms with Gasteiger partial charge in [0, 0.05) is 18.8 Å². The number of amides is 1. The summed E-state index contributed by atoms with van der Waals surface area (Å²) in [6.07, 6.45) is 2.54. The number of nitrogens with zero attached hydrogens (tertiary/aromatic N) is 4. The lowest BCUT2D eigenvalue weighted by molar-refractivity contribution is 0.0646. The van der Waals surface area contributed by atoms with E-state index in [0.29, 0.717) is 18.0 Å². The SMILES string of the molecule is Cc1cc2ncc(C(=O)N3CCC(C)C3CO)c(C)n2n1. The second-order valence-electron chi connectivity index (χ2n) is 5.83. The smallest absolute Gasteiger partial charge is 0.257 e. The van der Waals surface area contributed by atoms with Gasteiger partial charge >= 0.3 is 0 Å². The Morgan fingerprint density at radius 1 is 1.48 bits per heavy atom. The first-order valence-corrected chi connectivity index (χ1v) is 7.26. The topological polar surface area (TPSA) is 70.7 Å². The first kappa shape index (κ1) is 14.0. The summed E-state index contributed by atoms with van der Waals surface area (Å²) in [5.41, 5.74) is 2.96. The van der Waals surface area contributed by atoms with E-state index < -0.39 is 0 Å². The number of aliphatic hydroxyl groups is 1. The van der Waals surface area contributed by atoms with Crippen LogP contribution in [0.1, 0.15) is 35.1 Å². The molecule has 6 heteroatoms. The van der Waals surface area contributed by atoms with Crippen molar-refractivity contribution < 1.29 is 9.90 Å². The van der Waals surface area contributed by atoms with Crippen LogP contribution in [0.3, 0.4) is 0 Å². The molecular weight excluding hydrogens is 268 g/mol. The molecule has 0 radical (unpaired) electrons. The van der Waals surface area contributed by atoms with E-state index in [9.17, 15) is 9.90 Å². The Labute approximate surface area is 123 Å². The van der Waals surface area contributed by atoms with Crippen molar-refractivity contribution in [3.63, 3.8) is 0 Å². The van der Waals surface area contributed by atoms with Crippen LogP contribution in [-0.4, -0.2) is 49.7 Å². The molecule has 1 fully saturated rings. The minimum atomic E-state index is -0.105. The number of likely N-dealkylation sites (tertiary alicyclic amines) is 1. The number of fused-ring (bicyclic) bond motifs is 1. The van der Waals surface area contributed by atoms with Gasteiger partial charge in [0.15, 0.2) is 5.65 Å². The molecule has 0 bridgehead atoms. The van der Waals surface area contributed by atoms with Crippen molar-refractivity contribution in [2.45, 2.75) is 33.2 Å². The van der Waals surface area contributed by atoms with Gasteiger partial charge in [-0.25, -0.2) is 9.50 Å². The molecule has 2 aromatic rings. The summed E-state index contributed by atoms with van der Waals surface area (Å²) < 4.78 is 1.70. The van der Waals surface area contributed by atoms with Crippen molar-refractivity contribution in [1.29, 1.82) is 0 Å². The summed E-state index contributed by atoms with van der Waals surface area (Å²) in [5.74, 6) is 0.251. The minimum Gasteiger partial charge on any atom is -0.394 e. The molecule has 2 atom stereocenters. The molecule has 112 valence electrons. The number of hydrogen-bond acceptors (Lipinski definition) is 4. The number of carbonyl (C=O) groups excluding carboxylic acids is 1. The van der Waals surface area contributed by atoms with Crippen LogP contribution in [-0.2, 0) is 0 Å². The van der Waals surface area contributed by atoms with Crippen LogP contribution >= 0.6 is 0 Å². The van der Waals surface area contributed by atoms with Gasteiger partial charge in [-0.1, -0.05) is 6.92 Å². The molecule has 3 rings (SSSR count). The summed E-state index contributed by atoms with van der Waals surface area (Å²) in [4.78, 5) is 18.8. The normalized spacial score (nSPS) is 22.2. The van der Waals surface area contributed by atoms with Crippen molar-refractivity contribution in [2.24, 2.45) is 5.92 Å². The van der Waals surface area contributed by atoms with Crippen LogP contribution in [0.5, 0.6) is 0 Å². The summed E-state index contributed by atoms with van der Waals surface area (Å²) in [7, 11) is 0. The van der Waals surface area contributed by atoms with Crippen LogP contribution in [0, 0.1) is 19.8 Å². The fourth-order valence-electron chi connectivity index (χ4n) is 3.07. The van der Waals surface area contributed by atoms with Gasteiger partial charge < -0.3 is 10.0 Å². The van der Waals surface area contributed by atoms with Crippen LogP contribution in [0.15, 0.2) is 12.3 Å². The number of aliphatic hydroxyl groups excluding tert-OH is 1. The Morgan fingerprint density at radius 3 is 2.95 bits per heavy atom. The Kier molecular flexibility index (Phi) is 3.41. The highest BCUT2D eigenvalue weighted by Gasteiger charge is 2.35. The first-order valence-electron chi connectivity index (χ1n) is 7.26. The number of aromatic nitrogens is 3. The highest BCUT2D eigenvalue weighted by molar-refractivity contribution is 5.95. The molecule has 1 amide bonds. The summed E-state index contributed by atoms with van der Waals surface area (Å²) in [6, 6.07) is 1.78. The fraction of sp³-hybridized carbons (Fsp3) is 0.533. The lowest BCUT2D eigenvalue weighted by atomic mass is 10.0. The van der Waals surface area contributed by atoms with Crippen molar-refractivity contribution in [1.82, 2.24) is 19.5 Å². The largest absolute Gasteiger partial charge is 0.394 e. The Hall–Kier alpha value is -1.95. The molecule has 1 N–H and O–H groups in total. The Bertz CT molecular complexity index is 694. The number of carbonyl (C=O) groups is 1. The fourth-order valence-corrected chi connectivity index (χ4v) is 3.07. The van der Waals surface area contributed by atoms with Crippen LogP contribution in [0.2, 0.25) is 0 Å². The van der Waals surface area contributed by atoms with E-state index in [-0.39, 0.29) is 18.6 Å². The third-order valence-corrected chi connectivity index (χ3v) is 4.41.